The zero-order chi connectivity index (χ0) is 14.8. The summed E-state index contributed by atoms with van der Waals surface area (Å²) in [4.78, 5) is 16.5. The van der Waals surface area contributed by atoms with E-state index in [0.29, 0.717) is 18.2 Å². The van der Waals surface area contributed by atoms with Crippen LogP contribution in [0.25, 0.3) is 10.2 Å². The summed E-state index contributed by atoms with van der Waals surface area (Å²) in [6.07, 6.45) is 1.57. The molecule has 108 valence electrons. The normalized spacial score (nSPS) is 11.0. The van der Waals surface area contributed by atoms with Crippen LogP contribution in [0.5, 0.6) is 0 Å². The number of anilines is 1. The van der Waals surface area contributed by atoms with Gasteiger partial charge in [0.15, 0.2) is 10.8 Å². The van der Waals surface area contributed by atoms with Crippen LogP contribution in [0.2, 0.25) is 0 Å². The largest absolute Gasteiger partial charge is 0.329 e. The van der Waals surface area contributed by atoms with Gasteiger partial charge in [-0.2, -0.15) is 0 Å². The summed E-state index contributed by atoms with van der Waals surface area (Å²) in [6, 6.07) is 5.97. The van der Waals surface area contributed by atoms with Crippen LogP contribution in [0.4, 0.5) is 5.13 Å². The van der Waals surface area contributed by atoms with Gasteiger partial charge in [0.1, 0.15) is 0 Å². The predicted molar refractivity (Wildman–Crippen MR) is 81.4 cm³/mol. The van der Waals surface area contributed by atoms with Gasteiger partial charge in [-0.25, -0.2) is 4.98 Å². The molecular formula is C13H14N6OS. The summed E-state index contributed by atoms with van der Waals surface area (Å²) >= 11 is 1.43. The van der Waals surface area contributed by atoms with E-state index < -0.39 is 0 Å². The average Bonchev–Trinajstić information content (AvgIpc) is 3.05. The number of carbonyl (C=O) groups excluding carboxylic acids is 1. The minimum absolute atomic E-state index is 0.249. The maximum atomic E-state index is 12.1. The molecule has 0 unspecified atom stereocenters. The van der Waals surface area contributed by atoms with Crippen LogP contribution in [0, 0.1) is 6.92 Å². The highest BCUT2D eigenvalue weighted by molar-refractivity contribution is 7.22. The van der Waals surface area contributed by atoms with E-state index in [-0.39, 0.29) is 11.6 Å². The average molecular weight is 302 g/mol. The van der Waals surface area contributed by atoms with E-state index in [4.69, 9.17) is 5.73 Å². The second kappa shape index (κ2) is 5.58. The second-order valence-electron chi connectivity index (χ2n) is 4.60. The molecule has 1 aromatic carbocycles. The highest BCUT2D eigenvalue weighted by Gasteiger charge is 2.13. The Bertz CT molecular complexity index is 793. The first-order chi connectivity index (χ1) is 10.2. The number of aryl methyl sites for hydroxylation is 1. The molecule has 0 saturated heterocycles. The number of hydrogen-bond donors (Lipinski definition) is 2. The summed E-state index contributed by atoms with van der Waals surface area (Å²) in [6.45, 7) is 3.00. The van der Waals surface area contributed by atoms with E-state index in [1.807, 2.05) is 25.1 Å². The molecule has 3 rings (SSSR count). The maximum absolute atomic E-state index is 12.1. The highest BCUT2D eigenvalue weighted by Crippen LogP contribution is 2.26. The lowest BCUT2D eigenvalue weighted by Gasteiger charge is -1.96. The zero-order valence-electron chi connectivity index (χ0n) is 11.4. The molecule has 8 heteroatoms. The molecule has 2 aromatic heterocycles. The fourth-order valence-electron chi connectivity index (χ4n) is 1.89. The van der Waals surface area contributed by atoms with E-state index in [2.05, 4.69) is 20.6 Å². The Morgan fingerprint density at radius 2 is 2.33 bits per heavy atom. The molecule has 0 spiro atoms. The Balaban J connectivity index is 1.78. The molecule has 0 aliphatic heterocycles. The smallest absolute Gasteiger partial charge is 0.279 e. The summed E-state index contributed by atoms with van der Waals surface area (Å²) in [5, 5.41) is 10.9. The zero-order valence-corrected chi connectivity index (χ0v) is 12.2. The number of nitrogens with one attached hydrogen (secondary N) is 1. The molecule has 3 N–H and O–H groups in total. The Hall–Kier alpha value is -2.32. The molecule has 0 aliphatic carbocycles. The molecule has 21 heavy (non-hydrogen) atoms. The third-order valence-corrected chi connectivity index (χ3v) is 3.83. The molecule has 0 atom stereocenters. The monoisotopic (exact) mass is 302 g/mol. The van der Waals surface area contributed by atoms with Crippen molar-refractivity contribution in [3.05, 3.63) is 35.7 Å². The first-order valence-electron chi connectivity index (χ1n) is 6.44. The first-order valence-corrected chi connectivity index (χ1v) is 7.26. The van der Waals surface area contributed by atoms with Gasteiger partial charge >= 0.3 is 0 Å². The van der Waals surface area contributed by atoms with E-state index in [1.165, 1.54) is 16.0 Å². The van der Waals surface area contributed by atoms with Gasteiger partial charge in [0, 0.05) is 6.54 Å². The van der Waals surface area contributed by atoms with Crippen molar-refractivity contribution in [3.63, 3.8) is 0 Å². The lowest BCUT2D eigenvalue weighted by atomic mass is 10.2. The van der Waals surface area contributed by atoms with Gasteiger partial charge in [-0.05, 0) is 24.6 Å². The number of rotatable bonds is 4. The van der Waals surface area contributed by atoms with Gasteiger partial charge < -0.3 is 5.73 Å². The summed E-state index contributed by atoms with van der Waals surface area (Å²) < 4.78 is 2.58. The number of fused-ring (bicyclic) bond motifs is 1. The number of carbonyl (C=O) groups is 1. The van der Waals surface area contributed by atoms with Crippen LogP contribution >= 0.6 is 11.3 Å². The predicted octanol–water partition coefficient (Wildman–Crippen LogP) is 1.41. The van der Waals surface area contributed by atoms with Crippen molar-refractivity contribution in [2.45, 2.75) is 13.5 Å². The number of aromatic nitrogens is 4. The SMILES string of the molecule is Cc1ccc2nc(NC(=O)c3cn(CCN)nn3)sc2c1. The minimum atomic E-state index is -0.325. The van der Waals surface area contributed by atoms with Crippen molar-refractivity contribution in [1.82, 2.24) is 20.0 Å². The van der Waals surface area contributed by atoms with Gasteiger partial charge in [0.2, 0.25) is 0 Å². The maximum Gasteiger partial charge on any atom is 0.279 e. The van der Waals surface area contributed by atoms with Crippen molar-refractivity contribution in [3.8, 4) is 0 Å². The van der Waals surface area contributed by atoms with E-state index in [9.17, 15) is 4.79 Å². The number of thiazole rings is 1. The third kappa shape index (κ3) is 2.91. The molecule has 2 heterocycles. The Morgan fingerprint density at radius 1 is 1.48 bits per heavy atom. The number of amides is 1. The van der Waals surface area contributed by atoms with Crippen LogP contribution in [0.15, 0.2) is 24.4 Å². The minimum Gasteiger partial charge on any atom is -0.329 e. The fraction of sp³-hybridized carbons (Fsp3) is 0.231. The van der Waals surface area contributed by atoms with Gasteiger partial charge in [-0.3, -0.25) is 14.8 Å². The van der Waals surface area contributed by atoms with Crippen molar-refractivity contribution >= 4 is 32.6 Å². The number of nitrogens with zero attached hydrogens (tertiary/aromatic N) is 4. The quantitative estimate of drug-likeness (QED) is 0.759. The Kier molecular flexibility index (Phi) is 3.63. The Labute approximate surface area is 124 Å². The number of nitrogens with two attached hydrogens (primary N) is 1. The molecule has 0 bridgehead atoms. The van der Waals surface area contributed by atoms with Gasteiger partial charge in [0.05, 0.1) is 23.0 Å². The molecule has 0 aliphatic rings. The summed E-state index contributed by atoms with van der Waals surface area (Å²) in [7, 11) is 0. The molecule has 0 radical (unpaired) electrons. The molecule has 0 saturated carbocycles. The number of hydrogen-bond acceptors (Lipinski definition) is 6. The first kappa shape index (κ1) is 13.7. The van der Waals surface area contributed by atoms with E-state index >= 15 is 0 Å². The highest BCUT2D eigenvalue weighted by atomic mass is 32.1. The topological polar surface area (TPSA) is 98.7 Å². The van der Waals surface area contributed by atoms with Crippen molar-refractivity contribution in [1.29, 1.82) is 0 Å². The van der Waals surface area contributed by atoms with Crippen LogP contribution in [-0.2, 0) is 6.54 Å². The standard InChI is InChI=1S/C13H14N6OS/c1-8-2-3-9-11(6-8)21-13(15-9)16-12(20)10-7-19(5-4-14)18-17-10/h2-3,6-7H,4-5,14H2,1H3,(H,15,16,20). The van der Waals surface area contributed by atoms with Crippen molar-refractivity contribution < 1.29 is 4.79 Å². The lowest BCUT2D eigenvalue weighted by Crippen LogP contribution is -2.12. The van der Waals surface area contributed by atoms with E-state index in [0.717, 1.165) is 15.8 Å². The van der Waals surface area contributed by atoms with Crippen molar-refractivity contribution in [2.75, 3.05) is 11.9 Å². The van der Waals surface area contributed by atoms with Crippen LogP contribution in [0.1, 0.15) is 16.1 Å². The molecule has 0 fully saturated rings. The number of benzene rings is 1. The van der Waals surface area contributed by atoms with Crippen LogP contribution in [-0.4, -0.2) is 32.4 Å². The van der Waals surface area contributed by atoms with Crippen LogP contribution < -0.4 is 11.1 Å². The third-order valence-electron chi connectivity index (χ3n) is 2.89. The Morgan fingerprint density at radius 3 is 3.14 bits per heavy atom. The van der Waals surface area contributed by atoms with Gasteiger partial charge in [-0.15, -0.1) is 5.10 Å². The molecule has 7 nitrogen and oxygen atoms in total. The van der Waals surface area contributed by atoms with E-state index in [1.54, 1.807) is 6.20 Å². The summed E-state index contributed by atoms with van der Waals surface area (Å²) in [5.74, 6) is -0.325. The fourth-order valence-corrected chi connectivity index (χ4v) is 2.85. The second-order valence-corrected chi connectivity index (χ2v) is 5.63. The molecule has 1 amide bonds. The lowest BCUT2D eigenvalue weighted by molar-refractivity contribution is 0.102. The van der Waals surface area contributed by atoms with Crippen molar-refractivity contribution in [2.24, 2.45) is 5.73 Å². The summed E-state index contributed by atoms with van der Waals surface area (Å²) in [5.41, 5.74) is 7.71. The molecule has 3 aromatic rings. The molecular weight excluding hydrogens is 288 g/mol. The van der Waals surface area contributed by atoms with Gasteiger partial charge in [-0.1, -0.05) is 22.6 Å². The van der Waals surface area contributed by atoms with Gasteiger partial charge in [0.25, 0.3) is 5.91 Å². The van der Waals surface area contributed by atoms with Crippen LogP contribution in [0.3, 0.4) is 0 Å².